The summed E-state index contributed by atoms with van der Waals surface area (Å²) < 4.78 is 32.6. The van der Waals surface area contributed by atoms with Crippen molar-refractivity contribution in [1.82, 2.24) is 5.32 Å². The van der Waals surface area contributed by atoms with Crippen molar-refractivity contribution >= 4 is 16.0 Å². The van der Waals surface area contributed by atoms with Gasteiger partial charge in [-0.2, -0.15) is 8.42 Å². The van der Waals surface area contributed by atoms with E-state index in [1.165, 1.54) is 186 Å². The average molecular weight is 798 g/mol. The highest BCUT2D eigenvalue weighted by atomic mass is 32.2. The number of aliphatic hydroxyl groups is 2. The fraction of sp³-hybridized carbons (Fsp3) is 0.894. The Labute approximate surface area is 341 Å². The van der Waals surface area contributed by atoms with Gasteiger partial charge in [0.05, 0.1) is 17.9 Å². The summed E-state index contributed by atoms with van der Waals surface area (Å²) in [6, 6.07) is -1.25. The smallest absolute Gasteiger partial charge is 0.267 e. The van der Waals surface area contributed by atoms with E-state index in [0.29, 0.717) is 12.8 Å². The molecule has 4 N–H and O–H groups in total. The number of carbonyl (C=O) groups is 1. The molecule has 0 aromatic rings. The number of hydrogen-bond acceptors (Lipinski definition) is 5. The first-order chi connectivity index (χ1) is 26.7. The zero-order valence-electron chi connectivity index (χ0n) is 36.2. The van der Waals surface area contributed by atoms with Gasteiger partial charge in [0.1, 0.15) is 6.10 Å². The lowest BCUT2D eigenvalue weighted by Gasteiger charge is -2.22. The van der Waals surface area contributed by atoms with Gasteiger partial charge in [-0.15, -0.1) is 0 Å². The normalized spacial score (nSPS) is 13.9. The second-order valence-corrected chi connectivity index (χ2v) is 18.0. The molecule has 0 rings (SSSR count). The molecule has 0 heterocycles. The molecule has 0 aliphatic heterocycles. The van der Waals surface area contributed by atoms with Crippen LogP contribution in [-0.4, -0.2) is 53.1 Å². The minimum Gasteiger partial charge on any atom is -0.387 e. The maximum Gasteiger partial charge on any atom is 0.267 e. The third-order valence-corrected chi connectivity index (χ3v) is 11.8. The fourth-order valence-electron chi connectivity index (χ4n) is 7.36. The minimum absolute atomic E-state index is 0.279. The van der Waals surface area contributed by atoms with Crippen LogP contribution in [0.1, 0.15) is 245 Å². The number of aliphatic hydroxyl groups excluding tert-OH is 2. The minimum atomic E-state index is -4.45. The molecule has 0 aliphatic carbocycles. The van der Waals surface area contributed by atoms with Crippen molar-refractivity contribution in [2.75, 3.05) is 5.75 Å². The Hall–Kier alpha value is -1.22. The number of rotatable bonds is 43. The first-order valence-electron chi connectivity index (χ1n) is 23.6. The van der Waals surface area contributed by atoms with Crippen LogP contribution in [0, 0.1) is 0 Å². The van der Waals surface area contributed by atoms with Gasteiger partial charge in [-0.25, -0.2) is 0 Å². The topological polar surface area (TPSA) is 124 Å². The van der Waals surface area contributed by atoms with Crippen molar-refractivity contribution in [1.29, 1.82) is 0 Å². The van der Waals surface area contributed by atoms with Crippen molar-refractivity contribution in [2.24, 2.45) is 0 Å². The Kier molecular flexibility index (Phi) is 40.0. The van der Waals surface area contributed by atoms with E-state index in [1.807, 2.05) is 0 Å². The van der Waals surface area contributed by atoms with E-state index in [-0.39, 0.29) is 6.42 Å². The Balaban J connectivity index is 3.96. The maximum atomic E-state index is 12.6. The van der Waals surface area contributed by atoms with Gasteiger partial charge in [-0.3, -0.25) is 9.35 Å². The van der Waals surface area contributed by atoms with Crippen LogP contribution in [0.4, 0.5) is 0 Å². The Morgan fingerprint density at radius 2 is 0.818 bits per heavy atom. The number of allylic oxidation sites excluding steroid dienone is 3. The summed E-state index contributed by atoms with van der Waals surface area (Å²) >= 11 is 0. The molecule has 0 fully saturated rings. The molecule has 0 radical (unpaired) electrons. The van der Waals surface area contributed by atoms with Gasteiger partial charge in [0.25, 0.3) is 10.1 Å². The van der Waals surface area contributed by atoms with Gasteiger partial charge in [-0.1, -0.05) is 237 Å². The number of nitrogens with one attached hydrogen (secondary N) is 1. The Morgan fingerprint density at radius 3 is 1.20 bits per heavy atom. The monoisotopic (exact) mass is 798 g/mol. The van der Waals surface area contributed by atoms with Crippen molar-refractivity contribution in [3.63, 3.8) is 0 Å². The highest BCUT2D eigenvalue weighted by Gasteiger charge is 2.27. The van der Waals surface area contributed by atoms with Crippen molar-refractivity contribution < 1.29 is 28.0 Å². The van der Waals surface area contributed by atoms with Crippen LogP contribution in [-0.2, 0) is 14.9 Å². The number of unbranched alkanes of at least 4 members (excludes halogenated alkanes) is 32. The fourth-order valence-corrected chi connectivity index (χ4v) is 8.09. The van der Waals surface area contributed by atoms with E-state index in [4.69, 9.17) is 0 Å². The van der Waals surface area contributed by atoms with Gasteiger partial charge in [0.2, 0.25) is 5.91 Å². The molecule has 0 aromatic heterocycles. The first-order valence-corrected chi connectivity index (χ1v) is 25.3. The van der Waals surface area contributed by atoms with Gasteiger partial charge < -0.3 is 15.5 Å². The van der Waals surface area contributed by atoms with E-state index in [0.717, 1.165) is 32.1 Å². The molecule has 0 bridgehead atoms. The Morgan fingerprint density at radius 1 is 0.491 bits per heavy atom. The summed E-state index contributed by atoms with van der Waals surface area (Å²) in [5, 5.41) is 23.5. The van der Waals surface area contributed by atoms with Crippen LogP contribution >= 0.6 is 0 Å². The molecule has 0 saturated heterocycles. The molecule has 3 unspecified atom stereocenters. The lowest BCUT2D eigenvalue weighted by atomic mass is 10.0. The van der Waals surface area contributed by atoms with Gasteiger partial charge in [-0.05, 0) is 32.1 Å². The number of amides is 1. The SMILES string of the molecule is CCCCCCCCCCCCCC/C=C/CC/C=C/C(O)C(CS(=O)(=O)O)NC(=O)C(O)CCCCCCCCCCCCCCCCCCCCCC. The van der Waals surface area contributed by atoms with Gasteiger partial charge >= 0.3 is 0 Å². The van der Waals surface area contributed by atoms with Crippen LogP contribution in [0.3, 0.4) is 0 Å². The zero-order valence-corrected chi connectivity index (χ0v) is 37.0. The molecule has 55 heavy (non-hydrogen) atoms. The predicted octanol–water partition coefficient (Wildman–Crippen LogP) is 13.3. The highest BCUT2D eigenvalue weighted by molar-refractivity contribution is 7.85. The summed E-state index contributed by atoms with van der Waals surface area (Å²) in [4.78, 5) is 12.6. The maximum absolute atomic E-state index is 12.6. The standard InChI is InChI=1S/C47H91NO6S/c1-3-5-7-9-11-13-15-17-19-21-23-24-26-28-30-32-34-36-38-40-42-46(50)47(51)48-44(43-55(52,53)54)45(49)41-39-37-35-33-31-29-27-25-22-20-18-16-14-12-10-8-6-4-2/h31,33,39,41,44-46,49-50H,3-30,32,34-38,40,42-43H2,1-2H3,(H,48,51)(H,52,53,54)/b33-31+,41-39+. The van der Waals surface area contributed by atoms with Crippen LogP contribution in [0.5, 0.6) is 0 Å². The van der Waals surface area contributed by atoms with Gasteiger partial charge in [0, 0.05) is 0 Å². The summed E-state index contributed by atoms with van der Waals surface area (Å²) in [6.07, 6.45) is 49.6. The summed E-state index contributed by atoms with van der Waals surface area (Å²) in [5.41, 5.74) is 0. The van der Waals surface area contributed by atoms with E-state index in [2.05, 4.69) is 31.3 Å². The average Bonchev–Trinajstić information content (AvgIpc) is 3.15. The molecule has 1 amide bonds. The van der Waals surface area contributed by atoms with Crippen LogP contribution in [0.2, 0.25) is 0 Å². The molecule has 0 aliphatic rings. The van der Waals surface area contributed by atoms with Crippen LogP contribution in [0.15, 0.2) is 24.3 Å². The zero-order chi connectivity index (χ0) is 40.5. The van der Waals surface area contributed by atoms with E-state index in [1.54, 1.807) is 6.08 Å². The molecule has 7 nitrogen and oxygen atoms in total. The molecule has 0 saturated carbocycles. The molecule has 0 spiro atoms. The molecule has 326 valence electrons. The lowest BCUT2D eigenvalue weighted by Crippen LogP contribution is -2.50. The van der Waals surface area contributed by atoms with E-state index in [9.17, 15) is 28.0 Å². The third-order valence-electron chi connectivity index (χ3n) is 11.0. The number of hydrogen-bond donors (Lipinski definition) is 4. The van der Waals surface area contributed by atoms with Crippen LogP contribution < -0.4 is 5.32 Å². The second kappa shape index (κ2) is 41.0. The Bertz CT molecular complexity index is 984. The molecule has 3 atom stereocenters. The first kappa shape index (κ1) is 53.8. The summed E-state index contributed by atoms with van der Waals surface area (Å²) in [7, 11) is -4.45. The summed E-state index contributed by atoms with van der Waals surface area (Å²) in [6.45, 7) is 4.54. The second-order valence-electron chi connectivity index (χ2n) is 16.5. The summed E-state index contributed by atoms with van der Waals surface area (Å²) in [5.74, 6) is -1.55. The van der Waals surface area contributed by atoms with E-state index < -0.39 is 40.0 Å². The highest BCUT2D eigenvalue weighted by Crippen LogP contribution is 2.16. The quantitative estimate of drug-likeness (QED) is 0.0277. The van der Waals surface area contributed by atoms with Crippen molar-refractivity contribution in [3.8, 4) is 0 Å². The lowest BCUT2D eigenvalue weighted by molar-refractivity contribution is -0.130. The molecular formula is C47H91NO6S. The molecule has 0 aromatic carbocycles. The predicted molar refractivity (Wildman–Crippen MR) is 236 cm³/mol. The third kappa shape index (κ3) is 40.8. The van der Waals surface area contributed by atoms with Crippen LogP contribution in [0.25, 0.3) is 0 Å². The number of carbonyl (C=O) groups excluding carboxylic acids is 1. The van der Waals surface area contributed by atoms with Crippen molar-refractivity contribution in [3.05, 3.63) is 24.3 Å². The largest absolute Gasteiger partial charge is 0.387 e. The van der Waals surface area contributed by atoms with Crippen molar-refractivity contribution in [2.45, 2.75) is 263 Å². The molecule has 8 heteroatoms. The molecular weight excluding hydrogens is 707 g/mol. The van der Waals surface area contributed by atoms with E-state index >= 15 is 0 Å². The van der Waals surface area contributed by atoms with Gasteiger partial charge in [0.15, 0.2) is 0 Å².